The van der Waals surface area contributed by atoms with E-state index in [1.165, 1.54) is 13.2 Å². The number of hydrogen-bond donors (Lipinski definition) is 3. The summed E-state index contributed by atoms with van der Waals surface area (Å²) in [5.74, 6) is 0.698. The molecule has 5 rings (SSSR count). The molecule has 0 radical (unpaired) electrons. The van der Waals surface area contributed by atoms with E-state index >= 15 is 0 Å². The molecule has 0 saturated carbocycles. The number of carbonyl (C=O) groups is 1. The van der Waals surface area contributed by atoms with Crippen LogP contribution in [0, 0.1) is 6.92 Å². The van der Waals surface area contributed by atoms with Crippen LogP contribution in [0.2, 0.25) is 0 Å². The summed E-state index contributed by atoms with van der Waals surface area (Å²) in [5, 5.41) is 2.82. The van der Waals surface area contributed by atoms with E-state index < -0.39 is 15.9 Å². The van der Waals surface area contributed by atoms with Crippen LogP contribution in [0.25, 0.3) is 22.4 Å². The smallest absolute Gasteiger partial charge is 0.262 e. The summed E-state index contributed by atoms with van der Waals surface area (Å²) < 4.78 is 34.1. The molecule has 1 amide bonds. The van der Waals surface area contributed by atoms with Gasteiger partial charge in [-0.2, -0.15) is 0 Å². The minimum absolute atomic E-state index is 0.00582. The zero-order valence-corrected chi connectivity index (χ0v) is 21.0. The Kier molecular flexibility index (Phi) is 6.37. The quantitative estimate of drug-likeness (QED) is 0.263. The van der Waals surface area contributed by atoms with Gasteiger partial charge in [0.25, 0.3) is 15.9 Å². The standard InChI is InChI=1S/C28H24N4O4S/c1-18-11-12-20(17-26(18)37(34,35)32-24-9-5-6-10-25(24)36-2)28(33)29-21-15-13-19(14-16-21)27-30-22-7-3-4-8-23(22)31-27/h3-17,32H,1-2H3,(H,29,33)(H,30,31). The Bertz CT molecular complexity index is 1680. The zero-order valence-electron chi connectivity index (χ0n) is 20.1. The number of ether oxygens (including phenoxy) is 1. The van der Waals surface area contributed by atoms with Gasteiger partial charge in [0.15, 0.2) is 0 Å². The highest BCUT2D eigenvalue weighted by Crippen LogP contribution is 2.28. The van der Waals surface area contributed by atoms with E-state index in [1.807, 2.05) is 36.4 Å². The van der Waals surface area contributed by atoms with Crippen LogP contribution in [-0.2, 0) is 10.0 Å². The Balaban J connectivity index is 1.35. The van der Waals surface area contributed by atoms with Crippen LogP contribution < -0.4 is 14.8 Å². The molecular formula is C28H24N4O4S. The van der Waals surface area contributed by atoms with Gasteiger partial charge in [0.2, 0.25) is 0 Å². The van der Waals surface area contributed by atoms with Crippen molar-refractivity contribution in [2.24, 2.45) is 0 Å². The molecule has 0 aliphatic rings. The number of aryl methyl sites for hydroxylation is 1. The summed E-state index contributed by atoms with van der Waals surface area (Å²) >= 11 is 0. The van der Waals surface area contributed by atoms with Crippen molar-refractivity contribution in [3.05, 3.63) is 102 Å². The lowest BCUT2D eigenvalue weighted by Crippen LogP contribution is -2.17. The number of carbonyl (C=O) groups excluding carboxylic acids is 1. The van der Waals surface area contributed by atoms with Crippen molar-refractivity contribution in [2.45, 2.75) is 11.8 Å². The SMILES string of the molecule is COc1ccccc1NS(=O)(=O)c1cc(C(=O)Nc2ccc(-c3nc4ccccc4[nH]3)cc2)ccc1C. The molecule has 3 N–H and O–H groups in total. The number of fused-ring (bicyclic) bond motifs is 1. The van der Waals surface area contributed by atoms with Crippen molar-refractivity contribution >= 4 is 38.3 Å². The van der Waals surface area contributed by atoms with E-state index in [2.05, 4.69) is 20.0 Å². The van der Waals surface area contributed by atoms with Crippen molar-refractivity contribution < 1.29 is 17.9 Å². The summed E-state index contributed by atoms with van der Waals surface area (Å²) in [7, 11) is -2.51. The molecule has 37 heavy (non-hydrogen) atoms. The summed E-state index contributed by atoms with van der Waals surface area (Å²) in [6.07, 6.45) is 0. The Hall–Kier alpha value is -4.63. The number of methoxy groups -OCH3 is 1. The number of benzene rings is 4. The third-order valence-electron chi connectivity index (χ3n) is 5.90. The van der Waals surface area contributed by atoms with Gasteiger partial charge in [-0.1, -0.05) is 30.3 Å². The van der Waals surface area contributed by atoms with Crippen LogP contribution >= 0.6 is 0 Å². The van der Waals surface area contributed by atoms with Crippen molar-refractivity contribution in [1.82, 2.24) is 9.97 Å². The molecule has 9 heteroatoms. The van der Waals surface area contributed by atoms with E-state index in [1.54, 1.807) is 55.5 Å². The first-order valence-corrected chi connectivity index (χ1v) is 13.0. The molecule has 0 bridgehead atoms. The normalized spacial score (nSPS) is 11.3. The second-order valence-corrected chi connectivity index (χ2v) is 10.1. The molecule has 0 unspecified atom stereocenters. The average Bonchev–Trinajstić information content (AvgIpc) is 3.34. The van der Waals surface area contributed by atoms with Crippen LogP contribution in [0.3, 0.4) is 0 Å². The summed E-state index contributed by atoms with van der Waals surface area (Å²) in [5.41, 5.74) is 4.30. The minimum atomic E-state index is -3.97. The number of anilines is 2. The Morgan fingerprint density at radius 3 is 2.41 bits per heavy atom. The molecule has 8 nitrogen and oxygen atoms in total. The van der Waals surface area contributed by atoms with E-state index in [4.69, 9.17) is 4.74 Å². The zero-order chi connectivity index (χ0) is 26.0. The Morgan fingerprint density at radius 1 is 0.919 bits per heavy atom. The number of nitrogens with one attached hydrogen (secondary N) is 3. The van der Waals surface area contributed by atoms with Crippen LogP contribution in [0.5, 0.6) is 5.75 Å². The fraction of sp³-hybridized carbons (Fsp3) is 0.0714. The van der Waals surface area contributed by atoms with Gasteiger partial charge in [-0.15, -0.1) is 0 Å². The lowest BCUT2D eigenvalue weighted by atomic mass is 10.1. The number of aromatic nitrogens is 2. The molecule has 1 heterocycles. The molecule has 0 fully saturated rings. The van der Waals surface area contributed by atoms with Crippen LogP contribution in [-0.4, -0.2) is 31.4 Å². The summed E-state index contributed by atoms with van der Waals surface area (Å²) in [4.78, 5) is 20.8. The second-order valence-electron chi connectivity index (χ2n) is 8.42. The predicted octanol–water partition coefficient (Wildman–Crippen LogP) is 5.60. The number of hydrogen-bond acceptors (Lipinski definition) is 5. The highest BCUT2D eigenvalue weighted by Gasteiger charge is 2.21. The molecule has 1 aromatic heterocycles. The maximum Gasteiger partial charge on any atom is 0.262 e. The molecule has 4 aromatic carbocycles. The maximum absolute atomic E-state index is 13.2. The number of nitrogens with zero attached hydrogens (tertiary/aromatic N) is 1. The molecule has 186 valence electrons. The lowest BCUT2D eigenvalue weighted by Gasteiger charge is -2.14. The van der Waals surface area contributed by atoms with Gasteiger partial charge < -0.3 is 15.0 Å². The molecule has 0 aliphatic heterocycles. The number of rotatable bonds is 7. The molecule has 0 aliphatic carbocycles. The Morgan fingerprint density at radius 2 is 1.65 bits per heavy atom. The van der Waals surface area contributed by atoms with Gasteiger partial charge in [0.1, 0.15) is 11.6 Å². The van der Waals surface area contributed by atoms with E-state index in [0.717, 1.165) is 22.4 Å². The lowest BCUT2D eigenvalue weighted by molar-refractivity contribution is 0.102. The highest BCUT2D eigenvalue weighted by molar-refractivity contribution is 7.92. The van der Waals surface area contributed by atoms with Gasteiger partial charge in [0, 0.05) is 16.8 Å². The van der Waals surface area contributed by atoms with E-state index in [0.29, 0.717) is 22.7 Å². The predicted molar refractivity (Wildman–Crippen MR) is 144 cm³/mol. The average molecular weight is 513 g/mol. The first kappa shape index (κ1) is 24.1. The number of sulfonamides is 1. The second kappa shape index (κ2) is 9.79. The van der Waals surface area contributed by atoms with Gasteiger partial charge in [-0.05, 0) is 73.2 Å². The van der Waals surface area contributed by atoms with Gasteiger partial charge in [-0.3, -0.25) is 9.52 Å². The fourth-order valence-electron chi connectivity index (χ4n) is 3.96. The number of imidazole rings is 1. The number of para-hydroxylation sites is 4. The Labute approximate surface area is 214 Å². The summed E-state index contributed by atoms with van der Waals surface area (Å²) in [6, 6.07) is 26.3. The largest absolute Gasteiger partial charge is 0.495 e. The van der Waals surface area contributed by atoms with E-state index in [9.17, 15) is 13.2 Å². The molecule has 0 atom stereocenters. The van der Waals surface area contributed by atoms with E-state index in [-0.39, 0.29) is 10.5 Å². The number of aromatic amines is 1. The molecular weight excluding hydrogens is 488 g/mol. The van der Waals surface area contributed by atoms with Crippen LogP contribution in [0.1, 0.15) is 15.9 Å². The van der Waals surface area contributed by atoms with Crippen LogP contribution in [0.15, 0.2) is 95.9 Å². The van der Waals surface area contributed by atoms with Crippen LogP contribution in [0.4, 0.5) is 11.4 Å². The summed E-state index contributed by atoms with van der Waals surface area (Å²) in [6.45, 7) is 1.68. The third-order valence-corrected chi connectivity index (χ3v) is 7.40. The molecule has 5 aromatic rings. The fourth-order valence-corrected chi connectivity index (χ4v) is 5.31. The molecule has 0 saturated heterocycles. The molecule has 0 spiro atoms. The van der Waals surface area contributed by atoms with Crippen molar-refractivity contribution in [3.63, 3.8) is 0 Å². The highest BCUT2D eigenvalue weighted by atomic mass is 32.2. The number of amides is 1. The van der Waals surface area contributed by atoms with Gasteiger partial charge >= 0.3 is 0 Å². The first-order chi connectivity index (χ1) is 17.8. The van der Waals surface area contributed by atoms with Gasteiger partial charge in [0.05, 0.1) is 28.7 Å². The number of H-pyrrole nitrogens is 1. The van der Waals surface area contributed by atoms with Gasteiger partial charge in [-0.25, -0.2) is 13.4 Å². The van der Waals surface area contributed by atoms with Crippen molar-refractivity contribution in [2.75, 3.05) is 17.1 Å². The monoisotopic (exact) mass is 512 g/mol. The van der Waals surface area contributed by atoms with Crippen molar-refractivity contribution in [3.8, 4) is 17.1 Å². The first-order valence-electron chi connectivity index (χ1n) is 11.5. The third kappa shape index (κ3) is 5.03. The topological polar surface area (TPSA) is 113 Å². The van der Waals surface area contributed by atoms with Crippen molar-refractivity contribution in [1.29, 1.82) is 0 Å². The maximum atomic E-state index is 13.2. The minimum Gasteiger partial charge on any atom is -0.495 e.